The number of ketones is 1. The van der Waals surface area contributed by atoms with E-state index in [2.05, 4.69) is 4.98 Å². The molecular formula is C23H16Cl2N2O3. The maximum atomic E-state index is 13.0. The zero-order chi connectivity index (χ0) is 21.4. The van der Waals surface area contributed by atoms with Gasteiger partial charge < -0.3 is 5.11 Å². The maximum absolute atomic E-state index is 13.0. The summed E-state index contributed by atoms with van der Waals surface area (Å²) >= 11 is 12.3. The van der Waals surface area contributed by atoms with Crippen molar-refractivity contribution in [3.63, 3.8) is 0 Å². The van der Waals surface area contributed by atoms with Crippen LogP contribution in [0.2, 0.25) is 10.0 Å². The second-order valence-electron chi connectivity index (χ2n) is 6.89. The summed E-state index contributed by atoms with van der Waals surface area (Å²) in [6, 6.07) is 16.0. The van der Waals surface area contributed by atoms with Crippen molar-refractivity contribution < 1.29 is 14.7 Å². The van der Waals surface area contributed by atoms with Crippen LogP contribution in [-0.4, -0.2) is 21.8 Å². The van der Waals surface area contributed by atoms with Crippen molar-refractivity contribution in [2.75, 3.05) is 4.90 Å². The van der Waals surface area contributed by atoms with E-state index in [0.717, 1.165) is 5.56 Å². The average Bonchev–Trinajstić information content (AvgIpc) is 2.99. The van der Waals surface area contributed by atoms with Crippen molar-refractivity contribution in [2.24, 2.45) is 0 Å². The summed E-state index contributed by atoms with van der Waals surface area (Å²) in [7, 11) is 0. The molecule has 1 aromatic heterocycles. The third kappa shape index (κ3) is 3.47. The van der Waals surface area contributed by atoms with Crippen LogP contribution >= 0.6 is 23.2 Å². The smallest absolute Gasteiger partial charge is 0.301 e. The Labute approximate surface area is 183 Å². The van der Waals surface area contributed by atoms with Gasteiger partial charge >= 0.3 is 5.91 Å². The number of pyridine rings is 1. The Bertz CT molecular complexity index is 1190. The van der Waals surface area contributed by atoms with E-state index in [1.165, 1.54) is 4.90 Å². The average molecular weight is 439 g/mol. The van der Waals surface area contributed by atoms with E-state index in [-0.39, 0.29) is 21.9 Å². The lowest BCUT2D eigenvalue weighted by atomic mass is 9.95. The minimum absolute atomic E-state index is 0.0567. The van der Waals surface area contributed by atoms with Gasteiger partial charge in [0.2, 0.25) is 0 Å². The molecule has 30 heavy (non-hydrogen) atoms. The standard InChI is InChI=1S/C23H16Cl2N2O3/c1-13-10-11-26-18(12-13)27-20(14-6-8-15(24)9-7-14)19(22(29)23(27)30)21(28)16-4-2-3-5-17(16)25/h2-12,20,28H,1H3. The van der Waals surface area contributed by atoms with Crippen LogP contribution < -0.4 is 4.90 Å². The SMILES string of the molecule is Cc1ccnc(N2C(=O)C(=O)C(=C(O)c3ccccc3Cl)C2c2ccc(Cl)cc2)c1. The lowest BCUT2D eigenvalue weighted by Gasteiger charge is -2.24. The number of hydrogen-bond donors (Lipinski definition) is 1. The summed E-state index contributed by atoms with van der Waals surface area (Å²) in [5.41, 5.74) is 1.70. The Balaban J connectivity index is 1.98. The van der Waals surface area contributed by atoms with Gasteiger partial charge in [-0.25, -0.2) is 4.98 Å². The topological polar surface area (TPSA) is 70.5 Å². The molecule has 1 saturated heterocycles. The number of Topliss-reactive ketones (excluding diaryl/α,β-unsaturated/α-hetero) is 1. The number of benzene rings is 2. The van der Waals surface area contributed by atoms with E-state index in [4.69, 9.17) is 23.2 Å². The van der Waals surface area contributed by atoms with Gasteiger partial charge in [0.1, 0.15) is 11.6 Å². The molecule has 150 valence electrons. The summed E-state index contributed by atoms with van der Waals surface area (Å²) in [6.45, 7) is 1.86. The number of amides is 1. The highest BCUT2D eigenvalue weighted by atomic mass is 35.5. The molecule has 1 unspecified atom stereocenters. The van der Waals surface area contributed by atoms with Crippen molar-refractivity contribution in [3.05, 3.63) is 99.2 Å². The van der Waals surface area contributed by atoms with Gasteiger partial charge in [-0.3, -0.25) is 14.5 Å². The van der Waals surface area contributed by atoms with Crippen LogP contribution in [0, 0.1) is 6.92 Å². The molecule has 4 rings (SSSR count). The molecule has 7 heteroatoms. The van der Waals surface area contributed by atoms with Crippen LogP contribution in [0.25, 0.3) is 5.76 Å². The fourth-order valence-electron chi connectivity index (χ4n) is 3.48. The minimum atomic E-state index is -0.882. The van der Waals surface area contributed by atoms with Crippen LogP contribution in [0.3, 0.4) is 0 Å². The Hall–Kier alpha value is -3.15. The lowest BCUT2D eigenvalue weighted by molar-refractivity contribution is -0.132. The number of anilines is 1. The second kappa shape index (κ2) is 7.94. The van der Waals surface area contributed by atoms with Crippen LogP contribution in [0.4, 0.5) is 5.82 Å². The number of aliphatic hydroxyl groups is 1. The molecule has 1 N–H and O–H groups in total. The molecule has 0 saturated carbocycles. The number of nitrogens with zero attached hydrogens (tertiary/aromatic N) is 2. The molecule has 1 aliphatic rings. The van der Waals surface area contributed by atoms with Crippen molar-refractivity contribution in [2.45, 2.75) is 13.0 Å². The van der Waals surface area contributed by atoms with Gasteiger partial charge in [0.15, 0.2) is 0 Å². The fourth-order valence-corrected chi connectivity index (χ4v) is 3.83. The fraction of sp³-hybridized carbons (Fsp3) is 0.0870. The van der Waals surface area contributed by atoms with E-state index >= 15 is 0 Å². The van der Waals surface area contributed by atoms with Gasteiger partial charge in [0.25, 0.3) is 5.78 Å². The molecule has 3 aromatic rings. The summed E-state index contributed by atoms with van der Waals surface area (Å²) in [5.74, 6) is -1.61. The molecule has 0 bridgehead atoms. The Kier molecular flexibility index (Phi) is 5.33. The number of halogens is 2. The third-order valence-electron chi connectivity index (χ3n) is 4.91. The van der Waals surface area contributed by atoms with Gasteiger partial charge in [0, 0.05) is 16.8 Å². The highest BCUT2D eigenvalue weighted by Gasteiger charge is 2.47. The summed E-state index contributed by atoms with van der Waals surface area (Å²) in [6.07, 6.45) is 1.57. The van der Waals surface area contributed by atoms with Crippen LogP contribution in [0.5, 0.6) is 0 Å². The third-order valence-corrected chi connectivity index (χ3v) is 5.49. The first-order chi connectivity index (χ1) is 14.4. The van der Waals surface area contributed by atoms with Gasteiger partial charge in [-0.1, -0.05) is 47.5 Å². The number of aliphatic hydroxyl groups excluding tert-OH is 1. The first kappa shape index (κ1) is 20.1. The normalized spacial score (nSPS) is 18.1. The number of aryl methyl sites for hydroxylation is 1. The van der Waals surface area contributed by atoms with Crippen molar-refractivity contribution in [1.82, 2.24) is 4.98 Å². The second-order valence-corrected chi connectivity index (χ2v) is 7.74. The van der Waals surface area contributed by atoms with E-state index in [1.54, 1.807) is 66.9 Å². The zero-order valence-electron chi connectivity index (χ0n) is 15.8. The zero-order valence-corrected chi connectivity index (χ0v) is 17.4. The van der Waals surface area contributed by atoms with Crippen LogP contribution in [0.15, 0.2) is 72.4 Å². The molecule has 1 fully saturated rings. The molecule has 0 aliphatic carbocycles. The van der Waals surface area contributed by atoms with Crippen molar-refractivity contribution in [3.8, 4) is 0 Å². The predicted octanol–water partition coefficient (Wildman–Crippen LogP) is 5.32. The lowest BCUT2D eigenvalue weighted by Crippen LogP contribution is -2.30. The van der Waals surface area contributed by atoms with Gasteiger partial charge in [-0.15, -0.1) is 0 Å². The summed E-state index contributed by atoms with van der Waals surface area (Å²) < 4.78 is 0. The first-order valence-corrected chi connectivity index (χ1v) is 9.88. The summed E-state index contributed by atoms with van der Waals surface area (Å²) in [4.78, 5) is 31.6. The molecule has 2 aromatic carbocycles. The van der Waals surface area contributed by atoms with Crippen molar-refractivity contribution in [1.29, 1.82) is 0 Å². The largest absolute Gasteiger partial charge is 0.507 e. The Morgan fingerprint density at radius 3 is 2.40 bits per heavy atom. The van der Waals surface area contributed by atoms with Crippen LogP contribution in [-0.2, 0) is 9.59 Å². The molecule has 2 heterocycles. The highest BCUT2D eigenvalue weighted by Crippen LogP contribution is 2.42. The number of hydrogen-bond acceptors (Lipinski definition) is 4. The van der Waals surface area contributed by atoms with Gasteiger partial charge in [0.05, 0.1) is 16.6 Å². The van der Waals surface area contributed by atoms with Crippen LogP contribution in [0.1, 0.15) is 22.7 Å². The molecule has 0 radical (unpaired) electrons. The van der Waals surface area contributed by atoms with Gasteiger partial charge in [-0.05, 0) is 54.4 Å². The number of carbonyl (C=O) groups excluding carboxylic acids is 2. The molecule has 0 spiro atoms. The number of carbonyl (C=O) groups is 2. The molecule has 1 amide bonds. The van der Waals surface area contributed by atoms with E-state index in [0.29, 0.717) is 16.4 Å². The highest BCUT2D eigenvalue weighted by molar-refractivity contribution is 6.51. The van der Waals surface area contributed by atoms with E-state index < -0.39 is 17.7 Å². The first-order valence-electron chi connectivity index (χ1n) is 9.12. The maximum Gasteiger partial charge on any atom is 0.301 e. The van der Waals surface area contributed by atoms with E-state index in [1.807, 2.05) is 6.92 Å². The number of aromatic nitrogens is 1. The minimum Gasteiger partial charge on any atom is -0.507 e. The van der Waals surface area contributed by atoms with Crippen molar-refractivity contribution >= 4 is 46.5 Å². The molecule has 5 nitrogen and oxygen atoms in total. The van der Waals surface area contributed by atoms with Gasteiger partial charge in [-0.2, -0.15) is 0 Å². The summed E-state index contributed by atoms with van der Waals surface area (Å²) in [5, 5.41) is 11.8. The molecular weight excluding hydrogens is 423 g/mol. The molecule has 1 atom stereocenters. The number of rotatable bonds is 3. The Morgan fingerprint density at radius 2 is 1.73 bits per heavy atom. The monoisotopic (exact) mass is 438 g/mol. The predicted molar refractivity (Wildman–Crippen MR) is 117 cm³/mol. The Morgan fingerprint density at radius 1 is 1.03 bits per heavy atom. The quantitative estimate of drug-likeness (QED) is 0.341. The molecule has 1 aliphatic heterocycles. The van der Waals surface area contributed by atoms with E-state index in [9.17, 15) is 14.7 Å².